The largest absolute Gasteiger partial charge is 0.513 e. The van der Waals surface area contributed by atoms with Gasteiger partial charge < -0.3 is 19.8 Å². The summed E-state index contributed by atoms with van der Waals surface area (Å²) in [5.41, 5.74) is 1.44. The number of halogens is 1. The van der Waals surface area contributed by atoms with Gasteiger partial charge in [-0.1, -0.05) is 30.3 Å². The second kappa shape index (κ2) is 8.46. The predicted octanol–water partition coefficient (Wildman–Crippen LogP) is 2.75. The molecule has 0 aliphatic carbocycles. The number of quaternary nitrogens is 1. The minimum absolute atomic E-state index is 0.129. The smallest absolute Gasteiger partial charge is 0.478 e. The molecule has 2 aromatic rings. The van der Waals surface area contributed by atoms with Gasteiger partial charge in [-0.15, -0.1) is 0 Å². The summed E-state index contributed by atoms with van der Waals surface area (Å²) in [6.45, 7) is 1.47. The summed E-state index contributed by atoms with van der Waals surface area (Å²) in [5.74, 6) is -1.84. The van der Waals surface area contributed by atoms with Gasteiger partial charge in [0, 0.05) is 5.56 Å². The Bertz CT molecular complexity index is 1040. The Morgan fingerprint density at radius 1 is 1.09 bits per heavy atom. The van der Waals surface area contributed by atoms with Gasteiger partial charge in [0.25, 0.3) is 0 Å². The Morgan fingerprint density at radius 2 is 1.78 bits per heavy atom. The predicted molar refractivity (Wildman–Crippen MR) is 112 cm³/mol. The second-order valence-electron chi connectivity index (χ2n) is 7.96. The molecule has 9 nitrogen and oxygen atoms in total. The van der Waals surface area contributed by atoms with Crippen molar-refractivity contribution in [2.24, 2.45) is 0 Å². The number of rotatable bonds is 5. The summed E-state index contributed by atoms with van der Waals surface area (Å²) in [5, 5.41) is 18.9. The van der Waals surface area contributed by atoms with Crippen LogP contribution in [0.4, 0.5) is 25.4 Å². The van der Waals surface area contributed by atoms with Gasteiger partial charge in [-0.05, 0) is 18.2 Å². The van der Waals surface area contributed by atoms with Crippen molar-refractivity contribution < 1.29 is 38.2 Å². The number of carbonyl (C=O) groups is 3. The standard InChI is InChI=1S/C22H22FN3O6/c23-17-12-16(25-13-19(20(27)28)32-21(25)29)6-7-18(17)24-8-10-26(11-9-24,22(30)31)14-15-4-2-1-3-5-15/h1-7,12,19H,8-11,13-14H2,(H-,27,28,30,31)/p+1/t19-/m1/s1. The summed E-state index contributed by atoms with van der Waals surface area (Å²) in [6, 6.07) is 13.6. The zero-order chi connectivity index (χ0) is 22.9. The van der Waals surface area contributed by atoms with Crippen molar-refractivity contribution in [1.29, 1.82) is 0 Å². The summed E-state index contributed by atoms with van der Waals surface area (Å²) in [7, 11) is 0. The molecule has 2 aliphatic heterocycles. The molecule has 4 rings (SSSR count). The first-order chi connectivity index (χ1) is 15.3. The number of cyclic esters (lactones) is 1. The minimum Gasteiger partial charge on any atom is -0.478 e. The lowest BCUT2D eigenvalue weighted by atomic mass is 10.1. The number of carboxylic acids is 1. The number of piperazine rings is 1. The van der Waals surface area contributed by atoms with Gasteiger partial charge in [-0.25, -0.2) is 18.5 Å². The number of nitrogens with zero attached hydrogens (tertiary/aromatic N) is 3. The van der Waals surface area contributed by atoms with Crippen molar-refractivity contribution in [3.8, 4) is 0 Å². The normalized spacial score (nSPS) is 20.2. The fourth-order valence-corrected chi connectivity index (χ4v) is 4.16. The van der Waals surface area contributed by atoms with E-state index in [2.05, 4.69) is 0 Å². The molecular weight excluding hydrogens is 421 g/mol. The number of hydrogen-bond donors (Lipinski definition) is 2. The average molecular weight is 444 g/mol. The van der Waals surface area contributed by atoms with Crippen molar-refractivity contribution >= 4 is 29.5 Å². The Kier molecular flexibility index (Phi) is 5.70. The van der Waals surface area contributed by atoms with E-state index in [1.165, 1.54) is 18.2 Å². The van der Waals surface area contributed by atoms with Gasteiger partial charge in [-0.2, -0.15) is 4.79 Å². The number of aliphatic carboxylic acids is 1. The van der Waals surface area contributed by atoms with Crippen LogP contribution in [0.1, 0.15) is 5.56 Å². The number of ether oxygens (including phenoxy) is 1. The van der Waals surface area contributed by atoms with Gasteiger partial charge in [0.1, 0.15) is 25.5 Å². The van der Waals surface area contributed by atoms with Crippen LogP contribution < -0.4 is 9.80 Å². The number of anilines is 2. The van der Waals surface area contributed by atoms with E-state index in [1.54, 1.807) is 4.90 Å². The van der Waals surface area contributed by atoms with E-state index in [9.17, 15) is 23.9 Å². The summed E-state index contributed by atoms with van der Waals surface area (Å²) in [6.07, 6.45) is -3.05. The first kappa shape index (κ1) is 21.6. The van der Waals surface area contributed by atoms with Gasteiger partial charge in [0.05, 0.1) is 31.0 Å². The number of amides is 2. The van der Waals surface area contributed by atoms with Crippen LogP contribution >= 0.6 is 0 Å². The zero-order valence-corrected chi connectivity index (χ0v) is 17.2. The van der Waals surface area contributed by atoms with Crippen LogP contribution in [0.25, 0.3) is 0 Å². The molecule has 0 bridgehead atoms. The highest BCUT2D eigenvalue weighted by Gasteiger charge is 2.41. The van der Waals surface area contributed by atoms with E-state index >= 15 is 0 Å². The van der Waals surface area contributed by atoms with Crippen molar-refractivity contribution in [2.75, 3.05) is 42.5 Å². The molecule has 0 saturated carbocycles. The number of benzene rings is 2. The highest BCUT2D eigenvalue weighted by molar-refractivity contribution is 5.94. The van der Waals surface area contributed by atoms with E-state index in [0.717, 1.165) is 10.5 Å². The van der Waals surface area contributed by atoms with E-state index in [-0.39, 0.29) is 16.7 Å². The van der Waals surface area contributed by atoms with Crippen LogP contribution in [-0.2, 0) is 16.1 Å². The molecule has 2 saturated heterocycles. The third-order valence-electron chi connectivity index (χ3n) is 6.00. The average Bonchev–Trinajstić information content (AvgIpc) is 3.17. The molecule has 2 N–H and O–H groups in total. The van der Waals surface area contributed by atoms with Crippen LogP contribution in [0, 0.1) is 5.82 Å². The Hall–Kier alpha value is -3.66. The van der Waals surface area contributed by atoms with Gasteiger partial charge in [-0.3, -0.25) is 4.90 Å². The van der Waals surface area contributed by atoms with Crippen LogP contribution in [0.3, 0.4) is 0 Å². The Balaban J connectivity index is 1.47. The molecular formula is C22H23FN3O6+. The molecule has 168 valence electrons. The van der Waals surface area contributed by atoms with E-state index < -0.39 is 30.1 Å². The molecule has 10 heteroatoms. The van der Waals surface area contributed by atoms with Crippen molar-refractivity contribution in [1.82, 2.24) is 0 Å². The van der Waals surface area contributed by atoms with Crippen LogP contribution in [-0.4, -0.2) is 71.7 Å². The lowest BCUT2D eigenvalue weighted by molar-refractivity contribution is -0.871. The van der Waals surface area contributed by atoms with Gasteiger partial charge >= 0.3 is 18.2 Å². The molecule has 2 aliphatic rings. The third kappa shape index (κ3) is 4.09. The SMILES string of the molecule is O=C(O)[C@H]1CN(c2ccc(N3CC[N+](Cc4ccccc4)(C(=O)O)CC3)c(F)c2)C(=O)O1. The highest BCUT2D eigenvalue weighted by Crippen LogP contribution is 2.30. The quantitative estimate of drug-likeness (QED) is 0.683. The molecule has 0 radical (unpaired) electrons. The molecule has 0 unspecified atom stereocenters. The van der Waals surface area contributed by atoms with Crippen molar-refractivity contribution in [3.05, 3.63) is 59.9 Å². The topological polar surface area (TPSA) is 107 Å². The fourth-order valence-electron chi connectivity index (χ4n) is 4.16. The molecule has 2 fully saturated rings. The molecule has 0 aromatic heterocycles. The summed E-state index contributed by atoms with van der Waals surface area (Å²) in [4.78, 5) is 37.9. The minimum atomic E-state index is -1.29. The van der Waals surface area contributed by atoms with Crippen LogP contribution in [0.2, 0.25) is 0 Å². The molecule has 1 atom stereocenters. The first-order valence-corrected chi connectivity index (χ1v) is 10.2. The second-order valence-corrected chi connectivity index (χ2v) is 7.96. The first-order valence-electron chi connectivity index (χ1n) is 10.2. The Labute approximate surface area is 183 Å². The van der Waals surface area contributed by atoms with Crippen molar-refractivity contribution in [3.63, 3.8) is 0 Å². The maximum Gasteiger partial charge on any atom is 0.513 e. The van der Waals surface area contributed by atoms with Crippen LogP contribution in [0.5, 0.6) is 0 Å². The third-order valence-corrected chi connectivity index (χ3v) is 6.00. The molecule has 2 heterocycles. The Morgan fingerprint density at radius 3 is 2.34 bits per heavy atom. The molecule has 0 spiro atoms. The van der Waals surface area contributed by atoms with Crippen LogP contribution in [0.15, 0.2) is 48.5 Å². The van der Waals surface area contributed by atoms with Gasteiger partial charge in [0.15, 0.2) is 0 Å². The number of carboxylic acid groups (broad SMARTS) is 2. The summed E-state index contributed by atoms with van der Waals surface area (Å²) >= 11 is 0. The van der Waals surface area contributed by atoms with E-state index in [4.69, 9.17) is 9.84 Å². The van der Waals surface area contributed by atoms with E-state index in [1.807, 2.05) is 30.3 Å². The monoisotopic (exact) mass is 444 g/mol. The van der Waals surface area contributed by atoms with E-state index in [0.29, 0.717) is 38.4 Å². The maximum absolute atomic E-state index is 14.9. The molecule has 2 aromatic carbocycles. The lowest BCUT2D eigenvalue weighted by Crippen LogP contribution is -2.61. The van der Waals surface area contributed by atoms with Gasteiger partial charge in [0.2, 0.25) is 6.10 Å². The summed E-state index contributed by atoms with van der Waals surface area (Å²) < 4.78 is 19.5. The van der Waals surface area contributed by atoms with Crippen molar-refractivity contribution in [2.45, 2.75) is 12.6 Å². The number of hydrogen-bond acceptors (Lipinski definition) is 5. The zero-order valence-electron chi connectivity index (χ0n) is 17.2. The number of carbonyl (C=O) groups excluding carboxylic acids is 1. The molecule has 2 amide bonds. The lowest BCUT2D eigenvalue weighted by Gasteiger charge is -2.41. The maximum atomic E-state index is 14.9. The fraction of sp³-hybridized carbons (Fsp3) is 0.318. The highest BCUT2D eigenvalue weighted by atomic mass is 19.1. The molecule has 32 heavy (non-hydrogen) atoms.